The number of benzene rings is 2. The van der Waals surface area contributed by atoms with Crippen molar-refractivity contribution in [3.05, 3.63) is 66.4 Å². The first-order valence-corrected chi connectivity index (χ1v) is 10.5. The predicted octanol–water partition coefficient (Wildman–Crippen LogP) is 3.46. The number of primary sulfonamides is 1. The van der Waals surface area contributed by atoms with Crippen LogP contribution in [0.5, 0.6) is 5.75 Å². The molecule has 0 aliphatic rings. The first-order valence-electron chi connectivity index (χ1n) is 8.76. The lowest BCUT2D eigenvalue weighted by Crippen LogP contribution is -2.14. The number of aromatic nitrogens is 2. The average molecular weight is 398 g/mol. The Hall–Kier alpha value is -2.97. The number of ether oxygens (including phenoxy) is 1. The fraction of sp³-hybridized carbons (Fsp3) is 0.200. The van der Waals surface area contributed by atoms with Crippen LogP contribution in [0.15, 0.2) is 60.8 Å². The van der Waals surface area contributed by atoms with Gasteiger partial charge < -0.3 is 10.1 Å². The highest BCUT2D eigenvalue weighted by atomic mass is 32.2. The summed E-state index contributed by atoms with van der Waals surface area (Å²) in [6.45, 7) is 3.94. The van der Waals surface area contributed by atoms with Crippen molar-refractivity contribution in [1.82, 2.24) is 9.97 Å². The Labute approximate surface area is 164 Å². The first-order chi connectivity index (χ1) is 13.3. The molecule has 0 aliphatic heterocycles. The van der Waals surface area contributed by atoms with Crippen LogP contribution in [0, 0.1) is 0 Å². The highest BCUT2D eigenvalue weighted by Gasteiger charge is 2.11. The van der Waals surface area contributed by atoms with Crippen LogP contribution >= 0.6 is 0 Å². The van der Waals surface area contributed by atoms with E-state index in [2.05, 4.69) is 15.3 Å². The molecule has 3 aromatic rings. The van der Waals surface area contributed by atoms with Crippen molar-refractivity contribution >= 4 is 21.7 Å². The molecule has 8 heteroatoms. The van der Waals surface area contributed by atoms with Gasteiger partial charge in [-0.15, -0.1) is 0 Å². The zero-order valence-electron chi connectivity index (χ0n) is 15.7. The van der Waals surface area contributed by atoms with Crippen molar-refractivity contribution in [1.29, 1.82) is 0 Å². The first kappa shape index (κ1) is 19.8. The van der Waals surface area contributed by atoms with Crippen molar-refractivity contribution in [2.45, 2.75) is 25.7 Å². The van der Waals surface area contributed by atoms with E-state index >= 15 is 0 Å². The molecule has 0 bridgehead atoms. The molecule has 0 saturated carbocycles. The van der Waals surface area contributed by atoms with E-state index in [0.29, 0.717) is 17.2 Å². The highest BCUT2D eigenvalue weighted by Crippen LogP contribution is 2.29. The number of nitrogens with two attached hydrogens (primary N) is 1. The molecule has 146 valence electrons. The van der Waals surface area contributed by atoms with Crippen molar-refractivity contribution in [2.24, 2.45) is 5.14 Å². The number of sulfonamides is 1. The summed E-state index contributed by atoms with van der Waals surface area (Å²) < 4.78 is 28.5. The lowest BCUT2D eigenvalue weighted by molar-refractivity contribution is 0.243. The van der Waals surface area contributed by atoms with Crippen LogP contribution < -0.4 is 15.2 Å². The van der Waals surface area contributed by atoms with Gasteiger partial charge in [0.15, 0.2) is 0 Å². The molecule has 3 N–H and O–H groups in total. The van der Waals surface area contributed by atoms with Gasteiger partial charge in [-0.2, -0.15) is 0 Å². The predicted molar refractivity (Wildman–Crippen MR) is 110 cm³/mol. The van der Waals surface area contributed by atoms with Gasteiger partial charge in [0.25, 0.3) is 0 Å². The molecule has 28 heavy (non-hydrogen) atoms. The third kappa shape index (κ3) is 5.51. The van der Waals surface area contributed by atoms with E-state index in [9.17, 15) is 8.42 Å². The van der Waals surface area contributed by atoms with Crippen molar-refractivity contribution in [2.75, 3.05) is 5.32 Å². The van der Waals surface area contributed by atoms with Crippen LogP contribution in [0.1, 0.15) is 19.4 Å². The fourth-order valence-electron chi connectivity index (χ4n) is 2.70. The van der Waals surface area contributed by atoms with Gasteiger partial charge in [-0.3, -0.25) is 0 Å². The molecule has 7 nitrogen and oxygen atoms in total. The lowest BCUT2D eigenvalue weighted by atomic mass is 10.1. The minimum Gasteiger partial charge on any atom is -0.490 e. The van der Waals surface area contributed by atoms with Crippen molar-refractivity contribution in [3.8, 4) is 17.0 Å². The standard InChI is InChI=1S/C20H22N4O3S/c1-14(2)27-19-9-4-3-8-17(19)18-10-11-22-20(24-18)23-16-7-5-6-15(12-16)13-28(21,25)26/h3-12,14H,13H2,1-2H3,(H2,21,25,26)(H,22,23,24). The second-order valence-electron chi connectivity index (χ2n) is 6.56. The molecule has 0 saturated heterocycles. The Morgan fingerprint density at radius 2 is 1.89 bits per heavy atom. The van der Waals surface area contributed by atoms with E-state index in [0.717, 1.165) is 17.0 Å². The summed E-state index contributed by atoms with van der Waals surface area (Å²) in [6.07, 6.45) is 1.70. The van der Waals surface area contributed by atoms with E-state index in [1.165, 1.54) is 0 Å². The minimum atomic E-state index is -3.60. The summed E-state index contributed by atoms with van der Waals surface area (Å²) in [5.74, 6) is 0.908. The molecule has 0 unspecified atom stereocenters. The molecule has 0 spiro atoms. The summed E-state index contributed by atoms with van der Waals surface area (Å²) >= 11 is 0. The Morgan fingerprint density at radius 1 is 1.11 bits per heavy atom. The molecule has 2 aromatic carbocycles. The quantitative estimate of drug-likeness (QED) is 0.631. The Morgan fingerprint density at radius 3 is 2.64 bits per heavy atom. The summed E-state index contributed by atoms with van der Waals surface area (Å²) in [7, 11) is -3.60. The number of rotatable bonds is 7. The van der Waals surface area contributed by atoms with E-state index in [1.807, 2.05) is 44.2 Å². The number of nitrogens with one attached hydrogen (secondary N) is 1. The summed E-state index contributed by atoms with van der Waals surface area (Å²) in [4.78, 5) is 8.81. The maximum Gasteiger partial charge on any atom is 0.227 e. The lowest BCUT2D eigenvalue weighted by Gasteiger charge is -2.14. The molecule has 1 aromatic heterocycles. The van der Waals surface area contributed by atoms with Crippen LogP contribution in [-0.2, 0) is 15.8 Å². The monoisotopic (exact) mass is 398 g/mol. The summed E-state index contributed by atoms with van der Waals surface area (Å²) in [5.41, 5.74) is 2.84. The van der Waals surface area contributed by atoms with Crippen LogP contribution in [0.4, 0.5) is 11.6 Å². The topological polar surface area (TPSA) is 107 Å². The minimum absolute atomic E-state index is 0.0437. The molecule has 0 radical (unpaired) electrons. The molecule has 3 rings (SSSR count). The number of anilines is 2. The third-order valence-corrected chi connectivity index (χ3v) is 4.47. The van der Waals surface area contributed by atoms with Crippen LogP contribution in [0.2, 0.25) is 0 Å². The van der Waals surface area contributed by atoms with Crippen LogP contribution in [0.3, 0.4) is 0 Å². The largest absolute Gasteiger partial charge is 0.490 e. The summed E-state index contributed by atoms with van der Waals surface area (Å²) in [6, 6.07) is 16.5. The maximum absolute atomic E-state index is 11.3. The molecule has 1 heterocycles. The maximum atomic E-state index is 11.3. The van der Waals surface area contributed by atoms with Crippen molar-refractivity contribution in [3.63, 3.8) is 0 Å². The van der Waals surface area contributed by atoms with Gasteiger partial charge in [-0.1, -0.05) is 24.3 Å². The van der Waals surface area contributed by atoms with Gasteiger partial charge in [0.1, 0.15) is 5.75 Å². The number of hydrogen-bond donors (Lipinski definition) is 2. The number of nitrogens with zero attached hydrogens (tertiary/aromatic N) is 2. The van der Waals surface area contributed by atoms with Gasteiger partial charge >= 0.3 is 0 Å². The Balaban J connectivity index is 1.86. The summed E-state index contributed by atoms with van der Waals surface area (Å²) in [5, 5.41) is 8.22. The zero-order valence-corrected chi connectivity index (χ0v) is 16.5. The molecule has 0 aliphatic carbocycles. The van der Waals surface area contributed by atoms with Gasteiger partial charge in [0, 0.05) is 17.4 Å². The van der Waals surface area contributed by atoms with E-state index in [4.69, 9.17) is 9.88 Å². The van der Waals surface area contributed by atoms with Crippen LogP contribution in [-0.4, -0.2) is 24.5 Å². The molecule has 0 amide bonds. The zero-order chi connectivity index (χ0) is 20.1. The van der Waals surface area contributed by atoms with Crippen molar-refractivity contribution < 1.29 is 13.2 Å². The SMILES string of the molecule is CC(C)Oc1ccccc1-c1ccnc(Nc2cccc(CS(N)(=O)=O)c2)n1. The van der Waals surface area contributed by atoms with Gasteiger partial charge in [-0.05, 0) is 49.7 Å². The van der Waals surface area contributed by atoms with Gasteiger partial charge in [0.05, 0.1) is 17.6 Å². The molecule has 0 fully saturated rings. The van der Waals surface area contributed by atoms with E-state index in [-0.39, 0.29) is 11.9 Å². The fourth-order valence-corrected chi connectivity index (χ4v) is 3.35. The Bertz CT molecular complexity index is 1070. The molecule has 0 atom stereocenters. The molecular formula is C20H22N4O3S. The third-order valence-electron chi connectivity index (χ3n) is 3.73. The van der Waals surface area contributed by atoms with Gasteiger partial charge in [-0.25, -0.2) is 23.5 Å². The van der Waals surface area contributed by atoms with E-state index in [1.54, 1.807) is 30.5 Å². The Kier molecular flexibility index (Phi) is 5.91. The smallest absolute Gasteiger partial charge is 0.227 e. The number of para-hydroxylation sites is 1. The second kappa shape index (κ2) is 8.37. The highest BCUT2D eigenvalue weighted by molar-refractivity contribution is 7.88. The van der Waals surface area contributed by atoms with Crippen LogP contribution in [0.25, 0.3) is 11.3 Å². The van der Waals surface area contributed by atoms with Gasteiger partial charge in [0.2, 0.25) is 16.0 Å². The number of hydrogen-bond acceptors (Lipinski definition) is 6. The molecular weight excluding hydrogens is 376 g/mol. The second-order valence-corrected chi connectivity index (χ2v) is 8.18. The average Bonchev–Trinajstić information content (AvgIpc) is 2.61. The van der Waals surface area contributed by atoms with E-state index < -0.39 is 10.0 Å². The normalized spacial score (nSPS) is 11.4.